The fourth-order valence-electron chi connectivity index (χ4n) is 2.76. The molecule has 0 radical (unpaired) electrons. The molecule has 0 aliphatic carbocycles. The Balaban J connectivity index is 2.33. The average molecular weight is 367 g/mol. The van der Waals surface area contributed by atoms with Crippen LogP contribution in [0.15, 0.2) is 66.7 Å². The minimum absolute atomic E-state index is 0.0765. The number of rotatable bonds is 9. The minimum atomic E-state index is -1.16. The van der Waals surface area contributed by atoms with Gasteiger partial charge in [0.15, 0.2) is 0 Å². The Morgan fingerprint density at radius 1 is 1.07 bits per heavy atom. The molecular formula is C21H21NO5. The number of hydrogen-bond acceptors (Lipinski definition) is 5. The summed E-state index contributed by atoms with van der Waals surface area (Å²) in [6.07, 6.45) is 2.82. The summed E-state index contributed by atoms with van der Waals surface area (Å²) >= 11 is 0. The molecule has 0 heterocycles. The Morgan fingerprint density at radius 3 is 2.22 bits per heavy atom. The zero-order valence-corrected chi connectivity index (χ0v) is 15.0. The van der Waals surface area contributed by atoms with Crippen LogP contribution in [0.4, 0.5) is 0 Å². The monoisotopic (exact) mass is 367 g/mol. The number of esters is 1. The fraction of sp³-hybridized carbons (Fsp3) is 0.238. The van der Waals surface area contributed by atoms with Crippen LogP contribution in [0.25, 0.3) is 6.08 Å². The van der Waals surface area contributed by atoms with Crippen molar-refractivity contribution in [3.8, 4) is 0 Å². The first-order chi connectivity index (χ1) is 13.0. The van der Waals surface area contributed by atoms with Crippen molar-refractivity contribution in [1.29, 1.82) is 0 Å². The van der Waals surface area contributed by atoms with Crippen LogP contribution in [0, 0.1) is 10.1 Å². The predicted molar refractivity (Wildman–Crippen MR) is 102 cm³/mol. The molecule has 2 aromatic carbocycles. The Kier molecular flexibility index (Phi) is 7.43. The lowest BCUT2D eigenvalue weighted by molar-refractivity contribution is -0.513. The van der Waals surface area contributed by atoms with Gasteiger partial charge in [0.25, 0.3) is 0 Å². The standard InChI is InChI=1S/C21H21NO5/c1-2-27-21(24)20(23)15-18(17-11-7-4-8-12-17)19(22(25)26)14-13-16-9-5-3-6-10-16/h3-14,18-19H,2,15H2,1H3/b14-13+. The zero-order chi connectivity index (χ0) is 19.6. The largest absolute Gasteiger partial charge is 0.460 e. The van der Waals surface area contributed by atoms with Gasteiger partial charge in [0.05, 0.1) is 12.5 Å². The first-order valence-electron chi connectivity index (χ1n) is 8.64. The number of ether oxygens (including phenoxy) is 1. The highest BCUT2D eigenvalue weighted by molar-refractivity contribution is 6.33. The molecule has 27 heavy (non-hydrogen) atoms. The van der Waals surface area contributed by atoms with Crippen LogP contribution in [0.5, 0.6) is 0 Å². The molecule has 0 saturated carbocycles. The Labute approximate surface area is 157 Å². The third-order valence-electron chi connectivity index (χ3n) is 4.08. The SMILES string of the molecule is CCOC(=O)C(=O)CC(c1ccccc1)C(/C=C/c1ccccc1)[N+](=O)[O-]. The normalized spacial score (nSPS) is 13.1. The summed E-state index contributed by atoms with van der Waals surface area (Å²) in [5, 5.41) is 11.7. The van der Waals surface area contributed by atoms with E-state index in [1.807, 2.05) is 30.3 Å². The summed E-state index contributed by atoms with van der Waals surface area (Å²) in [7, 11) is 0. The summed E-state index contributed by atoms with van der Waals surface area (Å²) < 4.78 is 4.73. The van der Waals surface area contributed by atoms with Crippen LogP contribution < -0.4 is 0 Å². The van der Waals surface area contributed by atoms with Gasteiger partial charge in [0.2, 0.25) is 11.8 Å². The van der Waals surface area contributed by atoms with E-state index in [-0.39, 0.29) is 13.0 Å². The number of nitrogens with zero attached hydrogens (tertiary/aromatic N) is 1. The highest BCUT2D eigenvalue weighted by Crippen LogP contribution is 2.27. The van der Waals surface area contributed by atoms with E-state index in [1.54, 1.807) is 43.3 Å². The lowest BCUT2D eigenvalue weighted by Gasteiger charge is -2.18. The van der Waals surface area contributed by atoms with Crippen LogP contribution in [-0.4, -0.2) is 29.3 Å². The van der Waals surface area contributed by atoms with Gasteiger partial charge >= 0.3 is 5.97 Å². The Hall–Kier alpha value is -3.28. The molecule has 0 aromatic heterocycles. The second-order valence-corrected chi connectivity index (χ2v) is 5.91. The van der Waals surface area contributed by atoms with Gasteiger partial charge in [0.1, 0.15) is 0 Å². The maximum absolute atomic E-state index is 12.2. The maximum atomic E-state index is 12.2. The molecule has 2 atom stereocenters. The van der Waals surface area contributed by atoms with Gasteiger partial charge in [-0.1, -0.05) is 66.7 Å². The number of ketones is 1. The molecule has 0 fully saturated rings. The number of carbonyl (C=O) groups excluding carboxylic acids is 2. The van der Waals surface area contributed by atoms with Crippen molar-refractivity contribution in [2.24, 2.45) is 0 Å². The lowest BCUT2D eigenvalue weighted by atomic mass is 9.86. The molecule has 0 N–H and O–H groups in total. The van der Waals surface area contributed by atoms with Crippen LogP contribution in [0.3, 0.4) is 0 Å². The van der Waals surface area contributed by atoms with Crippen molar-refractivity contribution in [3.63, 3.8) is 0 Å². The summed E-state index contributed by atoms with van der Waals surface area (Å²) in [5.74, 6) is -2.52. The number of carbonyl (C=O) groups is 2. The minimum Gasteiger partial charge on any atom is -0.460 e. The van der Waals surface area contributed by atoms with E-state index < -0.39 is 28.6 Å². The molecular weight excluding hydrogens is 346 g/mol. The van der Waals surface area contributed by atoms with Crippen molar-refractivity contribution in [1.82, 2.24) is 0 Å². The molecule has 2 unspecified atom stereocenters. The van der Waals surface area contributed by atoms with E-state index in [9.17, 15) is 19.7 Å². The Morgan fingerprint density at radius 2 is 1.67 bits per heavy atom. The van der Waals surface area contributed by atoms with Crippen molar-refractivity contribution in [2.75, 3.05) is 6.61 Å². The maximum Gasteiger partial charge on any atom is 0.374 e. The van der Waals surface area contributed by atoms with Gasteiger partial charge < -0.3 is 4.74 Å². The highest BCUT2D eigenvalue weighted by Gasteiger charge is 2.34. The molecule has 0 aliphatic rings. The summed E-state index contributed by atoms with van der Waals surface area (Å²) in [4.78, 5) is 35.2. The van der Waals surface area contributed by atoms with Gasteiger partial charge in [-0.25, -0.2) is 4.79 Å². The van der Waals surface area contributed by atoms with Crippen LogP contribution in [0.1, 0.15) is 30.4 Å². The molecule has 6 nitrogen and oxygen atoms in total. The second kappa shape index (κ2) is 10.0. The van der Waals surface area contributed by atoms with Gasteiger partial charge in [-0.15, -0.1) is 0 Å². The number of Topliss-reactive ketones (excluding diaryl/α,β-unsaturated/α-hetero) is 1. The topological polar surface area (TPSA) is 86.5 Å². The average Bonchev–Trinajstić information content (AvgIpc) is 2.68. The summed E-state index contributed by atoms with van der Waals surface area (Å²) in [6, 6.07) is 16.7. The quantitative estimate of drug-likeness (QED) is 0.292. The molecule has 140 valence electrons. The third kappa shape index (κ3) is 5.88. The van der Waals surface area contributed by atoms with Gasteiger partial charge in [-0.3, -0.25) is 14.9 Å². The van der Waals surface area contributed by atoms with E-state index in [1.165, 1.54) is 6.08 Å². The summed E-state index contributed by atoms with van der Waals surface area (Å²) in [5.41, 5.74) is 1.43. The number of hydrogen-bond donors (Lipinski definition) is 0. The van der Waals surface area contributed by atoms with Crippen molar-refractivity contribution in [3.05, 3.63) is 88.0 Å². The lowest BCUT2D eigenvalue weighted by Crippen LogP contribution is -2.30. The van der Waals surface area contributed by atoms with E-state index in [0.29, 0.717) is 5.56 Å². The molecule has 0 spiro atoms. The van der Waals surface area contributed by atoms with Crippen LogP contribution in [-0.2, 0) is 14.3 Å². The number of nitro groups is 1. The molecule has 2 aromatic rings. The van der Waals surface area contributed by atoms with Crippen LogP contribution in [0.2, 0.25) is 0 Å². The highest BCUT2D eigenvalue weighted by atomic mass is 16.6. The summed E-state index contributed by atoms with van der Waals surface area (Å²) in [6.45, 7) is 1.68. The van der Waals surface area contributed by atoms with Gasteiger partial charge in [-0.2, -0.15) is 0 Å². The first kappa shape index (κ1) is 20.0. The molecule has 6 heteroatoms. The molecule has 0 saturated heterocycles. The van der Waals surface area contributed by atoms with E-state index in [0.717, 1.165) is 5.56 Å². The molecule has 0 aliphatic heterocycles. The molecule has 0 bridgehead atoms. The molecule has 0 amide bonds. The zero-order valence-electron chi connectivity index (χ0n) is 15.0. The molecule has 2 rings (SSSR count). The number of benzene rings is 2. The van der Waals surface area contributed by atoms with Gasteiger partial charge in [0, 0.05) is 11.3 Å². The third-order valence-corrected chi connectivity index (χ3v) is 4.08. The van der Waals surface area contributed by atoms with Crippen molar-refractivity contribution < 1.29 is 19.2 Å². The fourth-order valence-corrected chi connectivity index (χ4v) is 2.76. The smallest absolute Gasteiger partial charge is 0.374 e. The van der Waals surface area contributed by atoms with Gasteiger partial charge in [-0.05, 0) is 24.1 Å². The van der Waals surface area contributed by atoms with Crippen molar-refractivity contribution >= 4 is 17.8 Å². The van der Waals surface area contributed by atoms with E-state index in [4.69, 9.17) is 4.74 Å². The second-order valence-electron chi connectivity index (χ2n) is 5.91. The van der Waals surface area contributed by atoms with E-state index in [2.05, 4.69) is 0 Å². The van der Waals surface area contributed by atoms with Crippen molar-refractivity contribution in [2.45, 2.75) is 25.3 Å². The first-order valence-corrected chi connectivity index (χ1v) is 8.64. The predicted octanol–water partition coefficient (Wildman–Crippen LogP) is 3.65. The Bertz CT molecular complexity index is 802. The van der Waals surface area contributed by atoms with E-state index >= 15 is 0 Å². The van der Waals surface area contributed by atoms with Crippen LogP contribution >= 0.6 is 0 Å².